The van der Waals surface area contributed by atoms with E-state index in [1.807, 2.05) is 24.3 Å². The third-order valence-electron chi connectivity index (χ3n) is 3.41. The van der Waals surface area contributed by atoms with E-state index in [2.05, 4.69) is 0 Å². The monoisotopic (exact) mass is 327 g/mol. The standard InChI is InChI=1S/C17H17N3O4/c1-20(17(22)23)15(21)10-24-14-8-6-12(7-9-14)11-2-4-13(5-3-11)16(18)19/h2-9H,10H2,1H3,(H3,18,19)(H,22,23). The Hall–Kier alpha value is -3.35. The fourth-order valence-corrected chi connectivity index (χ4v) is 1.93. The number of rotatable bonds is 5. The van der Waals surface area contributed by atoms with Crippen LogP contribution in [0.15, 0.2) is 48.5 Å². The second-order valence-corrected chi connectivity index (χ2v) is 5.04. The van der Waals surface area contributed by atoms with Gasteiger partial charge in [0, 0.05) is 12.6 Å². The number of carbonyl (C=O) groups excluding carboxylic acids is 1. The van der Waals surface area contributed by atoms with E-state index < -0.39 is 12.0 Å². The van der Waals surface area contributed by atoms with Crippen LogP contribution in [0.5, 0.6) is 5.75 Å². The Labute approximate surface area is 138 Å². The fraction of sp³-hybridized carbons (Fsp3) is 0.118. The Morgan fingerprint density at radius 2 is 1.58 bits per heavy atom. The molecule has 0 fully saturated rings. The fourth-order valence-electron chi connectivity index (χ4n) is 1.93. The summed E-state index contributed by atoms with van der Waals surface area (Å²) in [6.07, 6.45) is -1.33. The molecule has 0 saturated heterocycles. The minimum absolute atomic E-state index is 0.0151. The lowest BCUT2D eigenvalue weighted by molar-refractivity contribution is -0.130. The van der Waals surface area contributed by atoms with Crippen molar-refractivity contribution >= 4 is 17.8 Å². The number of nitrogens with one attached hydrogen (secondary N) is 1. The number of amides is 2. The van der Waals surface area contributed by atoms with Crippen molar-refractivity contribution in [1.29, 1.82) is 5.41 Å². The summed E-state index contributed by atoms with van der Waals surface area (Å²) in [7, 11) is 1.17. The third-order valence-corrected chi connectivity index (χ3v) is 3.41. The second-order valence-electron chi connectivity index (χ2n) is 5.04. The molecule has 0 heterocycles. The molecule has 7 heteroatoms. The lowest BCUT2D eigenvalue weighted by Gasteiger charge is -2.12. The molecular weight excluding hydrogens is 310 g/mol. The van der Waals surface area contributed by atoms with Gasteiger partial charge in [-0.15, -0.1) is 0 Å². The first-order valence-electron chi connectivity index (χ1n) is 7.05. The average Bonchev–Trinajstić information content (AvgIpc) is 2.59. The highest BCUT2D eigenvalue weighted by molar-refractivity contribution is 5.95. The van der Waals surface area contributed by atoms with Crippen LogP contribution in [0.2, 0.25) is 0 Å². The van der Waals surface area contributed by atoms with E-state index in [0.29, 0.717) is 16.2 Å². The number of amidine groups is 1. The van der Waals surface area contributed by atoms with Crippen LogP contribution in [0.4, 0.5) is 4.79 Å². The average molecular weight is 327 g/mol. The largest absolute Gasteiger partial charge is 0.484 e. The highest BCUT2D eigenvalue weighted by atomic mass is 16.5. The molecule has 0 bridgehead atoms. The number of hydrogen-bond donors (Lipinski definition) is 3. The van der Waals surface area contributed by atoms with Gasteiger partial charge in [-0.1, -0.05) is 36.4 Å². The van der Waals surface area contributed by atoms with Gasteiger partial charge in [0.2, 0.25) is 0 Å². The molecule has 0 spiro atoms. The first-order valence-corrected chi connectivity index (χ1v) is 7.05. The van der Waals surface area contributed by atoms with Gasteiger partial charge in [-0.25, -0.2) is 9.69 Å². The highest BCUT2D eigenvalue weighted by Crippen LogP contribution is 2.22. The Bertz CT molecular complexity index is 754. The molecule has 0 aliphatic rings. The normalized spacial score (nSPS) is 10.0. The zero-order chi connectivity index (χ0) is 17.7. The van der Waals surface area contributed by atoms with Gasteiger partial charge < -0.3 is 15.6 Å². The summed E-state index contributed by atoms with van der Waals surface area (Å²) < 4.78 is 5.28. The van der Waals surface area contributed by atoms with Crippen LogP contribution >= 0.6 is 0 Å². The molecule has 0 unspecified atom stereocenters. The number of nitrogens with zero attached hydrogens (tertiary/aromatic N) is 1. The summed E-state index contributed by atoms with van der Waals surface area (Å²) in [5.41, 5.74) is 7.96. The number of ether oxygens (including phenoxy) is 1. The summed E-state index contributed by atoms with van der Waals surface area (Å²) in [4.78, 5) is 22.7. The van der Waals surface area contributed by atoms with Crippen LogP contribution in [-0.2, 0) is 4.79 Å². The molecule has 0 radical (unpaired) electrons. The summed E-state index contributed by atoms with van der Waals surface area (Å²) in [6, 6.07) is 14.3. The van der Waals surface area contributed by atoms with Crippen molar-refractivity contribution < 1.29 is 19.4 Å². The maximum Gasteiger partial charge on any atom is 0.413 e. The van der Waals surface area contributed by atoms with Crippen LogP contribution in [0.25, 0.3) is 11.1 Å². The number of nitrogen functional groups attached to an aromatic ring is 1. The molecule has 2 aromatic rings. The van der Waals surface area contributed by atoms with Gasteiger partial charge in [0.25, 0.3) is 5.91 Å². The van der Waals surface area contributed by atoms with Gasteiger partial charge in [-0.05, 0) is 23.3 Å². The van der Waals surface area contributed by atoms with Crippen molar-refractivity contribution in [3.63, 3.8) is 0 Å². The van der Waals surface area contributed by atoms with Crippen molar-refractivity contribution in [3.8, 4) is 16.9 Å². The molecular formula is C17H17N3O4. The molecule has 124 valence electrons. The van der Waals surface area contributed by atoms with Crippen LogP contribution < -0.4 is 10.5 Å². The van der Waals surface area contributed by atoms with E-state index in [9.17, 15) is 9.59 Å². The number of benzene rings is 2. The highest BCUT2D eigenvalue weighted by Gasteiger charge is 2.15. The summed E-state index contributed by atoms with van der Waals surface area (Å²) in [6.45, 7) is -0.352. The molecule has 0 atom stereocenters. The zero-order valence-electron chi connectivity index (χ0n) is 13.0. The molecule has 0 saturated carbocycles. The molecule has 4 N–H and O–H groups in total. The van der Waals surface area contributed by atoms with Crippen LogP contribution in [0.3, 0.4) is 0 Å². The second kappa shape index (κ2) is 7.28. The van der Waals surface area contributed by atoms with Gasteiger partial charge in [0.1, 0.15) is 11.6 Å². The summed E-state index contributed by atoms with van der Waals surface area (Å²) in [5.74, 6) is -0.168. The predicted octanol–water partition coefficient (Wildman–Crippen LogP) is 2.15. The number of carboxylic acid groups (broad SMARTS) is 1. The quantitative estimate of drug-likeness (QED) is 0.574. The van der Waals surface area contributed by atoms with Crippen molar-refractivity contribution in [2.24, 2.45) is 5.73 Å². The molecule has 2 amide bonds. The Morgan fingerprint density at radius 1 is 1.08 bits per heavy atom. The van der Waals surface area contributed by atoms with E-state index in [1.54, 1.807) is 24.3 Å². The minimum Gasteiger partial charge on any atom is -0.484 e. The molecule has 0 aliphatic heterocycles. The maximum atomic E-state index is 11.5. The molecule has 2 rings (SSSR count). The molecule has 2 aromatic carbocycles. The number of hydrogen-bond acceptors (Lipinski definition) is 4. The predicted molar refractivity (Wildman–Crippen MR) is 89.2 cm³/mol. The third kappa shape index (κ3) is 4.10. The van der Waals surface area contributed by atoms with E-state index in [1.165, 1.54) is 7.05 Å². The SMILES string of the molecule is CN(C(=O)O)C(=O)COc1ccc(-c2ccc(C(=N)N)cc2)cc1. The van der Waals surface area contributed by atoms with Gasteiger partial charge in [-0.3, -0.25) is 10.2 Å². The molecule has 0 aromatic heterocycles. The Balaban J connectivity index is 2.01. The summed E-state index contributed by atoms with van der Waals surface area (Å²) >= 11 is 0. The van der Waals surface area contributed by atoms with E-state index in [4.69, 9.17) is 21.0 Å². The van der Waals surface area contributed by atoms with Crippen molar-refractivity contribution in [2.45, 2.75) is 0 Å². The van der Waals surface area contributed by atoms with Gasteiger partial charge >= 0.3 is 6.09 Å². The van der Waals surface area contributed by atoms with E-state index >= 15 is 0 Å². The smallest absolute Gasteiger partial charge is 0.413 e. The summed E-state index contributed by atoms with van der Waals surface area (Å²) in [5, 5.41) is 16.1. The maximum absolute atomic E-state index is 11.5. The topological polar surface area (TPSA) is 117 Å². The van der Waals surface area contributed by atoms with E-state index in [-0.39, 0.29) is 12.4 Å². The number of imide groups is 1. The first-order chi connectivity index (χ1) is 11.4. The number of carbonyl (C=O) groups is 2. The number of nitrogens with two attached hydrogens (primary N) is 1. The lowest BCUT2D eigenvalue weighted by atomic mass is 10.0. The van der Waals surface area contributed by atoms with E-state index in [0.717, 1.165) is 11.1 Å². The zero-order valence-corrected chi connectivity index (χ0v) is 13.0. The molecule has 24 heavy (non-hydrogen) atoms. The molecule has 7 nitrogen and oxygen atoms in total. The van der Waals surface area contributed by atoms with Crippen molar-refractivity contribution in [1.82, 2.24) is 4.90 Å². The van der Waals surface area contributed by atoms with Crippen molar-refractivity contribution in [2.75, 3.05) is 13.7 Å². The van der Waals surface area contributed by atoms with Gasteiger partial charge in [-0.2, -0.15) is 0 Å². The lowest BCUT2D eigenvalue weighted by Crippen LogP contribution is -2.35. The van der Waals surface area contributed by atoms with Crippen molar-refractivity contribution in [3.05, 3.63) is 54.1 Å². The number of likely N-dealkylation sites (N-methyl/N-ethyl adjacent to an activating group) is 1. The molecule has 0 aliphatic carbocycles. The van der Waals surface area contributed by atoms with Gasteiger partial charge in [0.05, 0.1) is 0 Å². The minimum atomic E-state index is -1.33. The van der Waals surface area contributed by atoms with Crippen LogP contribution in [0, 0.1) is 5.41 Å². The van der Waals surface area contributed by atoms with Crippen LogP contribution in [0.1, 0.15) is 5.56 Å². The Kier molecular flexibility index (Phi) is 5.16. The Morgan fingerprint density at radius 3 is 2.04 bits per heavy atom. The van der Waals surface area contributed by atoms with Gasteiger partial charge in [0.15, 0.2) is 6.61 Å². The van der Waals surface area contributed by atoms with Crippen LogP contribution in [-0.4, -0.2) is 41.5 Å². The first kappa shape index (κ1) is 17.0.